The Labute approximate surface area is 93.2 Å². The van der Waals surface area contributed by atoms with Crippen LogP contribution in [0.15, 0.2) is 0 Å². The Morgan fingerprint density at radius 3 is 2.20 bits per heavy atom. The van der Waals surface area contributed by atoms with Gasteiger partial charge in [0.1, 0.15) is 0 Å². The molecule has 0 rings (SSSR count). The Hall–Kier alpha value is -0.610. The number of rotatable bonds is 6. The van der Waals surface area contributed by atoms with Gasteiger partial charge in [-0.05, 0) is 33.4 Å². The molecule has 0 radical (unpaired) electrons. The van der Waals surface area contributed by atoms with Crippen LogP contribution in [-0.4, -0.2) is 43.5 Å². The van der Waals surface area contributed by atoms with Gasteiger partial charge in [0, 0.05) is 12.6 Å². The molecule has 0 aromatic carbocycles. The maximum Gasteiger partial charge on any atom is 0.237 e. The summed E-state index contributed by atoms with van der Waals surface area (Å²) in [5.41, 5.74) is 5.61. The number of nitrogens with two attached hydrogens (primary N) is 1. The predicted molar refractivity (Wildman–Crippen MR) is 63.6 cm³/mol. The third-order valence-corrected chi connectivity index (χ3v) is 2.36. The number of amides is 1. The van der Waals surface area contributed by atoms with E-state index in [-0.39, 0.29) is 18.0 Å². The number of hydrogen-bond donors (Lipinski definition) is 2. The zero-order valence-electron chi connectivity index (χ0n) is 10.6. The Kier molecular flexibility index (Phi) is 6.52. The van der Waals surface area contributed by atoms with E-state index < -0.39 is 0 Å². The molecule has 90 valence electrons. The summed E-state index contributed by atoms with van der Waals surface area (Å²) in [5.74, 6) is 0.408. The van der Waals surface area contributed by atoms with E-state index >= 15 is 0 Å². The van der Waals surface area contributed by atoms with Crippen molar-refractivity contribution in [1.82, 2.24) is 10.2 Å². The summed E-state index contributed by atoms with van der Waals surface area (Å²) < 4.78 is 0. The fourth-order valence-corrected chi connectivity index (χ4v) is 1.66. The van der Waals surface area contributed by atoms with Crippen molar-refractivity contribution in [2.75, 3.05) is 20.6 Å². The molecule has 0 aliphatic rings. The molecule has 0 saturated heterocycles. The van der Waals surface area contributed by atoms with Crippen LogP contribution in [0.5, 0.6) is 0 Å². The van der Waals surface area contributed by atoms with Gasteiger partial charge >= 0.3 is 0 Å². The predicted octanol–water partition coefficient (Wildman–Crippen LogP) is 0.426. The second kappa shape index (κ2) is 6.80. The lowest BCUT2D eigenvalue weighted by atomic mass is 10.0. The summed E-state index contributed by atoms with van der Waals surface area (Å²) in [5, 5.41) is 2.92. The van der Waals surface area contributed by atoms with E-state index in [2.05, 4.69) is 19.2 Å². The van der Waals surface area contributed by atoms with E-state index in [1.165, 1.54) is 0 Å². The van der Waals surface area contributed by atoms with Crippen molar-refractivity contribution in [2.24, 2.45) is 11.7 Å². The zero-order valence-corrected chi connectivity index (χ0v) is 10.6. The SMILES string of the molecule is CC(N)CCNC(=O)C(C(C)C)N(C)C. The summed E-state index contributed by atoms with van der Waals surface area (Å²) >= 11 is 0. The molecule has 0 aromatic heterocycles. The highest BCUT2D eigenvalue weighted by Gasteiger charge is 2.23. The maximum absolute atomic E-state index is 11.8. The quantitative estimate of drug-likeness (QED) is 0.675. The molecule has 4 heteroatoms. The molecule has 0 heterocycles. The Balaban J connectivity index is 4.04. The van der Waals surface area contributed by atoms with Crippen molar-refractivity contribution in [1.29, 1.82) is 0 Å². The fourth-order valence-electron chi connectivity index (χ4n) is 1.66. The van der Waals surface area contributed by atoms with Crippen molar-refractivity contribution in [3.63, 3.8) is 0 Å². The lowest BCUT2D eigenvalue weighted by Crippen LogP contribution is -2.47. The smallest absolute Gasteiger partial charge is 0.237 e. The highest BCUT2D eigenvalue weighted by atomic mass is 16.2. The molecule has 2 atom stereocenters. The Bertz CT molecular complexity index is 182. The molecule has 0 aliphatic heterocycles. The standard InChI is InChI=1S/C11H25N3O/c1-8(2)10(14(4)5)11(15)13-7-6-9(3)12/h8-10H,6-7,12H2,1-5H3,(H,13,15). The summed E-state index contributed by atoms with van der Waals surface area (Å²) in [4.78, 5) is 13.8. The second-order valence-electron chi connectivity index (χ2n) is 4.71. The first kappa shape index (κ1) is 14.4. The summed E-state index contributed by atoms with van der Waals surface area (Å²) in [6.45, 7) is 6.71. The number of nitrogens with zero attached hydrogens (tertiary/aromatic N) is 1. The van der Waals surface area contributed by atoms with Crippen LogP contribution in [0, 0.1) is 5.92 Å². The molecule has 1 amide bonds. The molecular weight excluding hydrogens is 190 g/mol. The normalized spacial score (nSPS) is 15.5. The average Bonchev–Trinajstić information content (AvgIpc) is 2.01. The number of carbonyl (C=O) groups excluding carboxylic acids is 1. The lowest BCUT2D eigenvalue weighted by molar-refractivity contribution is -0.126. The largest absolute Gasteiger partial charge is 0.355 e. The van der Waals surface area contributed by atoms with Crippen LogP contribution in [0.3, 0.4) is 0 Å². The minimum absolute atomic E-state index is 0.0573. The fraction of sp³-hybridized carbons (Fsp3) is 0.909. The van der Waals surface area contributed by atoms with Crippen molar-refractivity contribution >= 4 is 5.91 Å². The monoisotopic (exact) mass is 215 g/mol. The minimum atomic E-state index is -0.0573. The molecule has 0 spiro atoms. The molecular formula is C11H25N3O. The van der Waals surface area contributed by atoms with Gasteiger partial charge in [-0.3, -0.25) is 9.69 Å². The van der Waals surface area contributed by atoms with Gasteiger partial charge in [0.2, 0.25) is 5.91 Å². The molecule has 0 aromatic rings. The van der Waals surface area contributed by atoms with Gasteiger partial charge < -0.3 is 11.1 Å². The van der Waals surface area contributed by atoms with Crippen molar-refractivity contribution in [2.45, 2.75) is 39.3 Å². The van der Waals surface area contributed by atoms with E-state index in [1.54, 1.807) is 0 Å². The third-order valence-electron chi connectivity index (χ3n) is 2.36. The van der Waals surface area contributed by atoms with E-state index in [0.717, 1.165) is 6.42 Å². The first-order chi connectivity index (χ1) is 6.86. The average molecular weight is 215 g/mol. The van der Waals surface area contributed by atoms with Crippen LogP contribution in [0.2, 0.25) is 0 Å². The Morgan fingerprint density at radius 2 is 1.87 bits per heavy atom. The first-order valence-corrected chi connectivity index (χ1v) is 5.56. The van der Waals surface area contributed by atoms with Crippen LogP contribution in [0.4, 0.5) is 0 Å². The van der Waals surface area contributed by atoms with Gasteiger partial charge in [-0.25, -0.2) is 0 Å². The van der Waals surface area contributed by atoms with Crippen LogP contribution in [-0.2, 0) is 4.79 Å². The van der Waals surface area contributed by atoms with Crippen molar-refractivity contribution in [3.05, 3.63) is 0 Å². The van der Waals surface area contributed by atoms with Gasteiger partial charge in [-0.15, -0.1) is 0 Å². The topological polar surface area (TPSA) is 58.4 Å². The number of nitrogens with one attached hydrogen (secondary N) is 1. The summed E-state index contributed by atoms with van der Waals surface area (Å²) in [6, 6.07) is 0.0836. The Morgan fingerprint density at radius 1 is 1.33 bits per heavy atom. The number of hydrogen-bond acceptors (Lipinski definition) is 3. The molecule has 4 nitrogen and oxygen atoms in total. The molecule has 0 bridgehead atoms. The highest BCUT2D eigenvalue weighted by molar-refractivity contribution is 5.81. The first-order valence-electron chi connectivity index (χ1n) is 5.56. The lowest BCUT2D eigenvalue weighted by Gasteiger charge is -2.26. The zero-order chi connectivity index (χ0) is 12.0. The van der Waals surface area contributed by atoms with Crippen molar-refractivity contribution < 1.29 is 4.79 Å². The van der Waals surface area contributed by atoms with E-state index in [9.17, 15) is 4.79 Å². The van der Waals surface area contributed by atoms with Gasteiger partial charge in [0.15, 0.2) is 0 Å². The van der Waals surface area contributed by atoms with E-state index in [0.29, 0.717) is 12.5 Å². The number of likely N-dealkylation sites (N-methyl/N-ethyl adjacent to an activating group) is 1. The molecule has 2 unspecified atom stereocenters. The maximum atomic E-state index is 11.8. The highest BCUT2D eigenvalue weighted by Crippen LogP contribution is 2.07. The second-order valence-corrected chi connectivity index (χ2v) is 4.71. The van der Waals surface area contributed by atoms with Gasteiger partial charge in [0.05, 0.1) is 6.04 Å². The molecule has 0 aliphatic carbocycles. The number of carbonyl (C=O) groups is 1. The van der Waals surface area contributed by atoms with Gasteiger partial charge in [-0.1, -0.05) is 13.8 Å². The van der Waals surface area contributed by atoms with Crippen molar-refractivity contribution in [3.8, 4) is 0 Å². The molecule has 0 fully saturated rings. The van der Waals surface area contributed by atoms with E-state index in [1.807, 2.05) is 25.9 Å². The minimum Gasteiger partial charge on any atom is -0.355 e. The van der Waals surface area contributed by atoms with Gasteiger partial charge in [-0.2, -0.15) is 0 Å². The third kappa shape index (κ3) is 5.74. The van der Waals surface area contributed by atoms with E-state index in [4.69, 9.17) is 5.73 Å². The molecule has 0 saturated carbocycles. The van der Waals surface area contributed by atoms with Crippen LogP contribution >= 0.6 is 0 Å². The summed E-state index contributed by atoms with van der Waals surface area (Å²) in [7, 11) is 3.85. The van der Waals surface area contributed by atoms with Crippen LogP contribution < -0.4 is 11.1 Å². The summed E-state index contributed by atoms with van der Waals surface area (Å²) in [6.07, 6.45) is 0.823. The van der Waals surface area contributed by atoms with Gasteiger partial charge in [0.25, 0.3) is 0 Å². The van der Waals surface area contributed by atoms with Crippen LogP contribution in [0.25, 0.3) is 0 Å². The molecule has 3 N–H and O–H groups in total. The molecule has 15 heavy (non-hydrogen) atoms. The van der Waals surface area contributed by atoms with Crippen LogP contribution in [0.1, 0.15) is 27.2 Å².